The van der Waals surface area contributed by atoms with Gasteiger partial charge in [0.25, 0.3) is 0 Å². The van der Waals surface area contributed by atoms with Gasteiger partial charge in [-0.05, 0) is 87.8 Å². The van der Waals surface area contributed by atoms with Gasteiger partial charge in [-0.2, -0.15) is 0 Å². The van der Waals surface area contributed by atoms with Gasteiger partial charge < -0.3 is 25.8 Å². The molecule has 47 heavy (non-hydrogen) atoms. The van der Waals surface area contributed by atoms with Crippen LogP contribution in [0.1, 0.15) is 68.7 Å². The number of nitrogens with one attached hydrogen (secondary N) is 3. The third kappa shape index (κ3) is 8.48. The first-order valence-electron chi connectivity index (χ1n) is 17.4. The van der Waals surface area contributed by atoms with E-state index >= 15 is 0 Å². The maximum atomic E-state index is 14.7. The van der Waals surface area contributed by atoms with Gasteiger partial charge in [0.05, 0.1) is 12.1 Å². The normalized spacial score (nSPS) is 21.7. The molecule has 2 aliphatic heterocycles. The monoisotopic (exact) mass is 637 g/mol. The molecule has 3 unspecified atom stereocenters. The van der Waals surface area contributed by atoms with Crippen molar-refractivity contribution in [3.63, 3.8) is 0 Å². The number of carbonyl (C=O) groups excluding carboxylic acids is 3. The fourth-order valence-corrected chi connectivity index (χ4v) is 7.39. The van der Waals surface area contributed by atoms with Crippen LogP contribution in [0.15, 0.2) is 91.0 Å². The van der Waals surface area contributed by atoms with Gasteiger partial charge in [0, 0.05) is 6.04 Å². The highest BCUT2D eigenvalue weighted by Crippen LogP contribution is 2.36. The summed E-state index contributed by atoms with van der Waals surface area (Å²) in [5.74, 6) is -0.484. The second-order valence-electron chi connectivity index (χ2n) is 12.9. The second kappa shape index (κ2) is 16.7. The average Bonchev–Trinajstić information content (AvgIpc) is 3.50. The molecule has 3 N–H and O–H groups in total. The van der Waals surface area contributed by atoms with Crippen molar-refractivity contribution >= 4 is 17.7 Å². The van der Waals surface area contributed by atoms with E-state index in [1.807, 2.05) is 95.9 Å². The molecule has 3 amide bonds. The summed E-state index contributed by atoms with van der Waals surface area (Å²) in [6, 6.07) is 27.7. The van der Waals surface area contributed by atoms with Gasteiger partial charge in [-0.25, -0.2) is 0 Å². The van der Waals surface area contributed by atoms with E-state index in [0.717, 1.165) is 62.0 Å². The molecule has 2 aliphatic rings. The molecule has 2 saturated heterocycles. The van der Waals surface area contributed by atoms with Crippen molar-refractivity contribution in [2.45, 2.75) is 82.6 Å². The van der Waals surface area contributed by atoms with Gasteiger partial charge in [0.1, 0.15) is 12.1 Å². The van der Waals surface area contributed by atoms with Crippen LogP contribution >= 0.6 is 0 Å². The highest BCUT2D eigenvalue weighted by atomic mass is 16.2. The molecule has 0 radical (unpaired) electrons. The number of nitrogens with zero attached hydrogens (tertiary/aromatic N) is 2. The number of amides is 3. The third-order valence-electron chi connectivity index (χ3n) is 10.2. The molecular formula is C39H51N5O3. The Hall–Kier alpha value is -4.01. The first-order valence-corrected chi connectivity index (χ1v) is 17.4. The van der Waals surface area contributed by atoms with Crippen LogP contribution in [0.2, 0.25) is 0 Å². The van der Waals surface area contributed by atoms with Crippen LogP contribution < -0.4 is 16.0 Å². The molecule has 3 aromatic rings. The zero-order valence-corrected chi connectivity index (χ0v) is 28.1. The van der Waals surface area contributed by atoms with Crippen LogP contribution in [-0.2, 0) is 20.8 Å². The van der Waals surface area contributed by atoms with Crippen LogP contribution in [0, 0.1) is 5.92 Å². The molecule has 2 fully saturated rings. The van der Waals surface area contributed by atoms with Crippen LogP contribution in [-0.4, -0.2) is 78.4 Å². The number of likely N-dealkylation sites (N-methyl/N-ethyl adjacent to an activating group) is 1. The predicted octanol–water partition coefficient (Wildman–Crippen LogP) is 4.71. The number of hydrogen-bond donors (Lipinski definition) is 3. The molecule has 250 valence electrons. The predicted molar refractivity (Wildman–Crippen MR) is 187 cm³/mol. The molecule has 0 spiro atoms. The Bertz CT molecular complexity index is 1390. The van der Waals surface area contributed by atoms with Crippen molar-refractivity contribution in [1.82, 2.24) is 25.8 Å². The van der Waals surface area contributed by atoms with Crippen LogP contribution in [0.5, 0.6) is 0 Å². The first-order chi connectivity index (χ1) is 22.9. The largest absolute Gasteiger partial charge is 0.343 e. The second-order valence-corrected chi connectivity index (χ2v) is 12.9. The van der Waals surface area contributed by atoms with E-state index < -0.39 is 18.1 Å². The van der Waals surface area contributed by atoms with Crippen molar-refractivity contribution in [3.05, 3.63) is 108 Å². The summed E-state index contributed by atoms with van der Waals surface area (Å²) in [7, 11) is 1.78. The molecule has 8 heteroatoms. The molecule has 5 rings (SSSR count). The number of hydrogen-bond acceptors (Lipinski definition) is 5. The summed E-state index contributed by atoms with van der Waals surface area (Å²) in [5, 5.41) is 9.69. The Morgan fingerprint density at radius 1 is 0.830 bits per heavy atom. The quantitative estimate of drug-likeness (QED) is 0.238. The topological polar surface area (TPSA) is 93.8 Å². The molecule has 2 heterocycles. The van der Waals surface area contributed by atoms with E-state index in [2.05, 4.69) is 34.7 Å². The highest BCUT2D eigenvalue weighted by molar-refractivity contribution is 5.94. The zero-order chi connectivity index (χ0) is 33.2. The van der Waals surface area contributed by atoms with Crippen molar-refractivity contribution in [1.29, 1.82) is 0 Å². The van der Waals surface area contributed by atoms with Crippen molar-refractivity contribution in [2.24, 2.45) is 5.92 Å². The smallest absolute Gasteiger partial charge is 0.246 e. The molecule has 8 nitrogen and oxygen atoms in total. The van der Waals surface area contributed by atoms with Gasteiger partial charge >= 0.3 is 0 Å². The molecule has 0 saturated carbocycles. The Morgan fingerprint density at radius 3 is 1.98 bits per heavy atom. The van der Waals surface area contributed by atoms with Gasteiger partial charge in [-0.15, -0.1) is 0 Å². The Kier molecular flexibility index (Phi) is 12.2. The minimum absolute atomic E-state index is 0.0167. The molecule has 0 aromatic heterocycles. The van der Waals surface area contributed by atoms with Crippen LogP contribution in [0.25, 0.3) is 0 Å². The lowest BCUT2D eigenvalue weighted by atomic mass is 9.89. The molecule has 3 aromatic carbocycles. The van der Waals surface area contributed by atoms with E-state index in [0.29, 0.717) is 12.8 Å². The summed E-state index contributed by atoms with van der Waals surface area (Å²) < 4.78 is 0. The van der Waals surface area contributed by atoms with Crippen LogP contribution in [0.3, 0.4) is 0 Å². The highest BCUT2D eigenvalue weighted by Gasteiger charge is 2.48. The standard InChI is InChI=1S/C39H51N5O3/c1-4-43(5-2)26-25-31-21-22-32-23-24-34(38(46)41-35(29-17-11-7-12-18-29)30-19-13-8-14-20-30)44(32)39(47)36(31)42-37(45)33(40-3)27-28-15-9-6-10-16-28/h6-20,31-36,40H,4-5,21-27H2,1-3H3,(H,41,46)(H,42,45)/t31?,32-,33?,34-,36?/m0/s1. The number of benzene rings is 3. The van der Waals surface area contributed by atoms with E-state index in [1.54, 1.807) is 7.05 Å². The maximum Gasteiger partial charge on any atom is 0.246 e. The van der Waals surface area contributed by atoms with Crippen molar-refractivity contribution in [3.8, 4) is 0 Å². The lowest BCUT2D eigenvalue weighted by Crippen LogP contribution is -2.58. The SMILES string of the molecule is CCN(CC)CCC1CC[C@H]2CC[C@@H](C(=O)NC(c3ccccc3)c3ccccc3)N2C(=O)C1NC(=O)C(Cc1ccccc1)NC. The molecular weight excluding hydrogens is 586 g/mol. The first kappa shape index (κ1) is 34.3. The average molecular weight is 638 g/mol. The summed E-state index contributed by atoms with van der Waals surface area (Å²) >= 11 is 0. The van der Waals surface area contributed by atoms with E-state index in [-0.39, 0.29) is 35.7 Å². The number of fused-ring (bicyclic) bond motifs is 1. The summed E-state index contributed by atoms with van der Waals surface area (Å²) in [6.07, 6.45) is 4.37. The summed E-state index contributed by atoms with van der Waals surface area (Å²) in [4.78, 5) is 46.9. The van der Waals surface area contributed by atoms with Gasteiger partial charge in [-0.3, -0.25) is 14.4 Å². The third-order valence-corrected chi connectivity index (χ3v) is 10.2. The number of carbonyl (C=O) groups is 3. The lowest BCUT2D eigenvalue weighted by molar-refractivity contribution is -0.144. The minimum atomic E-state index is -0.692. The molecule has 0 aliphatic carbocycles. The summed E-state index contributed by atoms with van der Waals surface area (Å²) in [5.41, 5.74) is 3.03. The Morgan fingerprint density at radius 2 is 1.40 bits per heavy atom. The molecule has 0 bridgehead atoms. The maximum absolute atomic E-state index is 14.7. The van der Waals surface area contributed by atoms with Crippen molar-refractivity contribution < 1.29 is 14.4 Å². The lowest BCUT2D eigenvalue weighted by Gasteiger charge is -2.34. The Balaban J connectivity index is 1.39. The minimum Gasteiger partial charge on any atom is -0.343 e. The zero-order valence-electron chi connectivity index (χ0n) is 28.1. The Labute approximate surface area is 280 Å². The van der Waals surface area contributed by atoms with Gasteiger partial charge in [0.2, 0.25) is 17.7 Å². The van der Waals surface area contributed by atoms with E-state index in [4.69, 9.17) is 0 Å². The van der Waals surface area contributed by atoms with Gasteiger partial charge in [-0.1, -0.05) is 105 Å². The van der Waals surface area contributed by atoms with E-state index in [9.17, 15) is 14.4 Å². The number of rotatable bonds is 14. The van der Waals surface area contributed by atoms with Crippen LogP contribution in [0.4, 0.5) is 0 Å². The molecule has 5 atom stereocenters. The van der Waals surface area contributed by atoms with E-state index in [1.165, 1.54) is 0 Å². The van der Waals surface area contributed by atoms with Gasteiger partial charge in [0.15, 0.2) is 0 Å². The summed E-state index contributed by atoms with van der Waals surface area (Å²) in [6.45, 7) is 7.04. The fourth-order valence-electron chi connectivity index (χ4n) is 7.39. The van der Waals surface area contributed by atoms with Crippen molar-refractivity contribution in [2.75, 3.05) is 26.7 Å². The fraction of sp³-hybridized carbons (Fsp3) is 0.462.